The van der Waals surface area contributed by atoms with Crippen molar-refractivity contribution in [2.75, 3.05) is 0 Å². The highest BCUT2D eigenvalue weighted by Crippen LogP contribution is 2.23. The molecule has 5 heteroatoms. The van der Waals surface area contributed by atoms with Gasteiger partial charge in [-0.05, 0) is 24.6 Å². The molecule has 0 saturated carbocycles. The van der Waals surface area contributed by atoms with E-state index in [0.29, 0.717) is 27.1 Å². The van der Waals surface area contributed by atoms with E-state index in [4.69, 9.17) is 11.6 Å². The molecule has 1 aromatic heterocycles. The van der Waals surface area contributed by atoms with Gasteiger partial charge in [0, 0.05) is 17.4 Å². The highest BCUT2D eigenvalue weighted by atomic mass is 79.9. The largest absolute Gasteiger partial charge is 0.299 e. The number of aryl methyl sites for hydroxylation is 1. The maximum Gasteiger partial charge on any atom is 0.261 e. The van der Waals surface area contributed by atoms with E-state index in [1.807, 2.05) is 0 Å². The zero-order valence-corrected chi connectivity index (χ0v) is 11.3. The Labute approximate surface area is 106 Å². The van der Waals surface area contributed by atoms with Crippen molar-refractivity contribution >= 4 is 38.4 Å². The number of hydrogen-bond acceptors (Lipinski definition) is 2. The molecule has 0 saturated heterocycles. The Balaban J connectivity index is 2.92. The first-order chi connectivity index (χ1) is 7.54. The molecule has 0 amide bonds. The van der Waals surface area contributed by atoms with E-state index >= 15 is 0 Å². The number of benzene rings is 1. The second-order valence-corrected chi connectivity index (χ2v) is 4.59. The van der Waals surface area contributed by atoms with Crippen molar-refractivity contribution in [1.29, 1.82) is 0 Å². The van der Waals surface area contributed by atoms with Gasteiger partial charge in [0.15, 0.2) is 0 Å². The fourth-order valence-corrected chi connectivity index (χ4v) is 2.40. The lowest BCUT2D eigenvalue weighted by Crippen LogP contribution is -2.20. The number of hydrogen-bond donors (Lipinski definition) is 0. The van der Waals surface area contributed by atoms with Crippen LogP contribution in [0.3, 0.4) is 0 Å². The number of halogens is 2. The van der Waals surface area contributed by atoms with Gasteiger partial charge in [-0.25, -0.2) is 4.98 Å². The average Bonchev–Trinajstić information content (AvgIpc) is 2.26. The molecule has 0 atom stereocenters. The smallest absolute Gasteiger partial charge is 0.261 e. The van der Waals surface area contributed by atoms with Gasteiger partial charge in [-0.1, -0.05) is 27.5 Å². The van der Waals surface area contributed by atoms with Crippen molar-refractivity contribution in [2.24, 2.45) is 7.05 Å². The Hall–Kier alpha value is -0.870. The lowest BCUT2D eigenvalue weighted by atomic mass is 10.1. The molecule has 0 aliphatic carbocycles. The summed E-state index contributed by atoms with van der Waals surface area (Å²) in [6.07, 6.45) is 0. The van der Waals surface area contributed by atoms with Crippen molar-refractivity contribution < 1.29 is 0 Å². The minimum Gasteiger partial charge on any atom is -0.299 e. The summed E-state index contributed by atoms with van der Waals surface area (Å²) in [5, 5.41) is 1.86. The molecular weight excluding hydrogens is 291 g/mol. The van der Waals surface area contributed by atoms with Crippen LogP contribution in [0.15, 0.2) is 16.9 Å². The van der Waals surface area contributed by atoms with E-state index in [9.17, 15) is 4.79 Å². The fraction of sp³-hybridized carbons (Fsp3) is 0.273. The summed E-state index contributed by atoms with van der Waals surface area (Å²) >= 11 is 9.41. The summed E-state index contributed by atoms with van der Waals surface area (Å²) in [6, 6.07) is 3.53. The summed E-state index contributed by atoms with van der Waals surface area (Å²) < 4.78 is 1.54. The van der Waals surface area contributed by atoms with E-state index in [1.165, 1.54) is 4.57 Å². The van der Waals surface area contributed by atoms with Gasteiger partial charge in [-0.3, -0.25) is 9.36 Å². The molecule has 2 aromatic rings. The molecule has 0 radical (unpaired) electrons. The van der Waals surface area contributed by atoms with E-state index < -0.39 is 0 Å². The monoisotopic (exact) mass is 300 g/mol. The number of fused-ring (bicyclic) bond motifs is 1. The van der Waals surface area contributed by atoms with Gasteiger partial charge < -0.3 is 0 Å². The van der Waals surface area contributed by atoms with Crippen LogP contribution in [0.2, 0.25) is 5.02 Å². The van der Waals surface area contributed by atoms with Crippen molar-refractivity contribution in [2.45, 2.75) is 12.3 Å². The molecule has 1 aromatic carbocycles. The fourth-order valence-electron chi connectivity index (χ4n) is 1.55. The Morgan fingerprint density at radius 1 is 1.50 bits per heavy atom. The van der Waals surface area contributed by atoms with Crippen molar-refractivity contribution in [3.05, 3.63) is 38.9 Å². The topological polar surface area (TPSA) is 34.9 Å². The Morgan fingerprint density at radius 2 is 2.19 bits per heavy atom. The number of aromatic nitrogens is 2. The van der Waals surface area contributed by atoms with Crippen LogP contribution in [-0.2, 0) is 12.4 Å². The first kappa shape index (κ1) is 11.6. The van der Waals surface area contributed by atoms with Gasteiger partial charge in [0.1, 0.15) is 5.82 Å². The van der Waals surface area contributed by atoms with Gasteiger partial charge in [-0.2, -0.15) is 0 Å². The quantitative estimate of drug-likeness (QED) is 0.759. The lowest BCUT2D eigenvalue weighted by Gasteiger charge is -2.07. The van der Waals surface area contributed by atoms with Gasteiger partial charge >= 0.3 is 0 Å². The van der Waals surface area contributed by atoms with Crippen LogP contribution in [0.4, 0.5) is 0 Å². The summed E-state index contributed by atoms with van der Waals surface area (Å²) in [7, 11) is 1.71. The first-order valence-corrected chi connectivity index (χ1v) is 6.26. The maximum absolute atomic E-state index is 12.0. The minimum absolute atomic E-state index is 0.0404. The van der Waals surface area contributed by atoms with Crippen LogP contribution in [0, 0.1) is 6.92 Å². The molecule has 84 valence electrons. The van der Waals surface area contributed by atoms with E-state index in [1.54, 1.807) is 26.1 Å². The van der Waals surface area contributed by atoms with Crippen LogP contribution in [0.25, 0.3) is 10.9 Å². The van der Waals surface area contributed by atoms with Crippen molar-refractivity contribution in [3.63, 3.8) is 0 Å². The first-order valence-electron chi connectivity index (χ1n) is 4.76. The SMILES string of the molecule is Cc1nc2cc(Cl)c(CBr)cc2c(=O)n1C. The third-order valence-corrected chi connectivity index (χ3v) is 3.57. The van der Waals surface area contributed by atoms with Crippen LogP contribution in [0.5, 0.6) is 0 Å². The molecular formula is C11H10BrClN2O. The third kappa shape index (κ3) is 1.76. The Kier molecular flexibility index (Phi) is 3.04. The second-order valence-electron chi connectivity index (χ2n) is 3.62. The molecule has 0 bridgehead atoms. The van der Waals surface area contributed by atoms with Gasteiger partial charge in [-0.15, -0.1) is 0 Å². The Morgan fingerprint density at radius 3 is 2.81 bits per heavy atom. The predicted molar refractivity (Wildman–Crippen MR) is 69.4 cm³/mol. The van der Waals surface area contributed by atoms with E-state index in [-0.39, 0.29) is 5.56 Å². The number of rotatable bonds is 1. The normalized spacial score (nSPS) is 11.0. The summed E-state index contributed by atoms with van der Waals surface area (Å²) in [6.45, 7) is 1.80. The van der Waals surface area contributed by atoms with Gasteiger partial charge in [0.25, 0.3) is 5.56 Å². The highest BCUT2D eigenvalue weighted by Gasteiger charge is 2.08. The molecule has 0 unspecified atom stereocenters. The molecule has 0 aliphatic heterocycles. The summed E-state index contributed by atoms with van der Waals surface area (Å²) in [5.41, 5.74) is 1.51. The predicted octanol–water partition coefficient (Wildman–Crippen LogP) is 2.79. The summed E-state index contributed by atoms with van der Waals surface area (Å²) in [4.78, 5) is 16.3. The molecule has 0 aliphatic rings. The lowest BCUT2D eigenvalue weighted by molar-refractivity contribution is 0.792. The molecule has 2 rings (SSSR count). The van der Waals surface area contributed by atoms with Crippen LogP contribution >= 0.6 is 27.5 Å². The maximum atomic E-state index is 12.0. The molecule has 0 fully saturated rings. The number of nitrogens with zero attached hydrogens (tertiary/aromatic N) is 2. The molecule has 0 spiro atoms. The summed E-state index contributed by atoms with van der Waals surface area (Å²) in [5.74, 6) is 0.681. The standard InChI is InChI=1S/C11H10BrClN2O/c1-6-14-10-4-9(13)7(5-12)3-8(10)11(16)15(6)2/h3-4H,5H2,1-2H3. The van der Waals surface area contributed by atoms with Crippen molar-refractivity contribution in [1.82, 2.24) is 9.55 Å². The van der Waals surface area contributed by atoms with Crippen molar-refractivity contribution in [3.8, 4) is 0 Å². The highest BCUT2D eigenvalue weighted by molar-refractivity contribution is 9.08. The van der Waals surface area contributed by atoms with Crippen LogP contribution in [0.1, 0.15) is 11.4 Å². The van der Waals surface area contributed by atoms with Gasteiger partial charge in [0.05, 0.1) is 10.9 Å². The van der Waals surface area contributed by atoms with E-state index in [0.717, 1.165) is 5.56 Å². The molecule has 1 heterocycles. The average molecular weight is 302 g/mol. The Bertz CT molecular complexity index is 621. The van der Waals surface area contributed by atoms with Gasteiger partial charge in [0.2, 0.25) is 0 Å². The molecule has 3 nitrogen and oxygen atoms in total. The second kappa shape index (κ2) is 4.18. The minimum atomic E-state index is -0.0404. The molecule has 0 N–H and O–H groups in total. The zero-order valence-electron chi connectivity index (χ0n) is 8.92. The zero-order chi connectivity index (χ0) is 11.9. The molecule has 16 heavy (non-hydrogen) atoms. The third-order valence-electron chi connectivity index (χ3n) is 2.61. The van der Waals surface area contributed by atoms with E-state index in [2.05, 4.69) is 20.9 Å². The number of alkyl halides is 1. The van der Waals surface area contributed by atoms with Crippen LogP contribution in [-0.4, -0.2) is 9.55 Å². The van der Waals surface area contributed by atoms with Crippen LogP contribution < -0.4 is 5.56 Å².